The van der Waals surface area contributed by atoms with E-state index in [0.29, 0.717) is 11.3 Å². The highest BCUT2D eigenvalue weighted by Gasteiger charge is 2.17. The summed E-state index contributed by atoms with van der Waals surface area (Å²) >= 11 is 12.0. The molecule has 5 nitrogen and oxygen atoms in total. The van der Waals surface area contributed by atoms with Crippen molar-refractivity contribution in [3.05, 3.63) is 27.7 Å². The van der Waals surface area contributed by atoms with E-state index in [1.165, 1.54) is 31.3 Å². The highest BCUT2D eigenvalue weighted by Crippen LogP contribution is 2.34. The van der Waals surface area contributed by atoms with Crippen molar-refractivity contribution in [3.8, 4) is 5.75 Å². The summed E-state index contributed by atoms with van der Waals surface area (Å²) in [5.74, 6) is -0.349. The van der Waals surface area contributed by atoms with Crippen molar-refractivity contribution < 1.29 is 19.1 Å². The molecular formula is C13H15Cl2NO4. The predicted molar refractivity (Wildman–Crippen MR) is 76.6 cm³/mol. The van der Waals surface area contributed by atoms with Crippen LogP contribution in [0.2, 0.25) is 10.0 Å². The zero-order valence-electron chi connectivity index (χ0n) is 11.4. The van der Waals surface area contributed by atoms with Crippen LogP contribution in [0.3, 0.4) is 0 Å². The molecule has 20 heavy (non-hydrogen) atoms. The van der Waals surface area contributed by atoms with Gasteiger partial charge in [-0.1, -0.05) is 23.2 Å². The topological polar surface area (TPSA) is 55.8 Å². The van der Waals surface area contributed by atoms with Crippen LogP contribution in [-0.2, 0) is 9.53 Å². The van der Waals surface area contributed by atoms with E-state index in [0.717, 1.165) is 0 Å². The summed E-state index contributed by atoms with van der Waals surface area (Å²) < 4.78 is 9.53. The second kappa shape index (κ2) is 7.36. The van der Waals surface area contributed by atoms with Crippen molar-refractivity contribution in [1.82, 2.24) is 4.90 Å². The number of amides is 1. The maximum absolute atomic E-state index is 12.2. The molecule has 110 valence electrons. The van der Waals surface area contributed by atoms with Crippen molar-refractivity contribution in [2.24, 2.45) is 0 Å². The maximum Gasteiger partial charge on any atom is 0.307 e. The molecule has 0 spiro atoms. The Morgan fingerprint density at radius 3 is 2.20 bits per heavy atom. The molecule has 0 unspecified atom stereocenters. The van der Waals surface area contributed by atoms with Crippen LogP contribution in [0.15, 0.2) is 12.1 Å². The Kier molecular flexibility index (Phi) is 6.10. The summed E-state index contributed by atoms with van der Waals surface area (Å²) in [6, 6.07) is 2.95. The molecular weight excluding hydrogens is 305 g/mol. The number of hydrogen-bond donors (Lipinski definition) is 0. The zero-order chi connectivity index (χ0) is 15.3. The van der Waals surface area contributed by atoms with Crippen LogP contribution in [0.4, 0.5) is 0 Å². The van der Waals surface area contributed by atoms with Crippen LogP contribution < -0.4 is 4.74 Å². The number of halogens is 2. The Morgan fingerprint density at radius 1 is 1.20 bits per heavy atom. The van der Waals surface area contributed by atoms with Crippen LogP contribution >= 0.6 is 23.2 Å². The van der Waals surface area contributed by atoms with Gasteiger partial charge in [-0.2, -0.15) is 0 Å². The van der Waals surface area contributed by atoms with Crippen LogP contribution in [0.5, 0.6) is 5.75 Å². The van der Waals surface area contributed by atoms with Crippen LogP contribution in [0.1, 0.15) is 16.8 Å². The molecule has 0 saturated carbocycles. The molecule has 0 N–H and O–H groups in total. The lowest BCUT2D eigenvalue weighted by molar-refractivity contribution is -0.140. The number of nitrogens with zero attached hydrogens (tertiary/aromatic N) is 1. The normalized spacial score (nSPS) is 10.1. The number of hydrogen-bond acceptors (Lipinski definition) is 4. The van der Waals surface area contributed by atoms with E-state index < -0.39 is 0 Å². The van der Waals surface area contributed by atoms with Crippen molar-refractivity contribution in [2.75, 3.05) is 27.8 Å². The molecule has 0 atom stereocenters. The largest absolute Gasteiger partial charge is 0.494 e. The second-order valence-electron chi connectivity index (χ2n) is 4.03. The summed E-state index contributed by atoms with van der Waals surface area (Å²) in [6.45, 7) is 0.243. The smallest absolute Gasteiger partial charge is 0.307 e. The second-order valence-corrected chi connectivity index (χ2v) is 4.84. The summed E-state index contributed by atoms with van der Waals surface area (Å²) in [4.78, 5) is 24.6. The number of ether oxygens (including phenoxy) is 2. The first-order valence-electron chi connectivity index (χ1n) is 5.76. The third kappa shape index (κ3) is 4.02. The van der Waals surface area contributed by atoms with Crippen molar-refractivity contribution in [1.29, 1.82) is 0 Å². The Hall–Kier alpha value is -1.46. The van der Waals surface area contributed by atoms with Gasteiger partial charge in [0.25, 0.3) is 5.91 Å². The van der Waals surface area contributed by atoms with Crippen molar-refractivity contribution in [2.45, 2.75) is 6.42 Å². The lowest BCUT2D eigenvalue weighted by Gasteiger charge is -2.17. The first-order valence-corrected chi connectivity index (χ1v) is 6.51. The molecule has 0 fully saturated rings. The van der Waals surface area contributed by atoms with Crippen LogP contribution in [-0.4, -0.2) is 44.6 Å². The first kappa shape index (κ1) is 16.6. The minimum Gasteiger partial charge on any atom is -0.494 e. The van der Waals surface area contributed by atoms with Gasteiger partial charge in [-0.15, -0.1) is 0 Å². The summed E-state index contributed by atoms with van der Waals surface area (Å²) in [5, 5.41) is 0.509. The molecule has 0 aliphatic carbocycles. The summed E-state index contributed by atoms with van der Waals surface area (Å²) in [5.41, 5.74) is 0.327. The number of esters is 1. The first-order chi connectivity index (χ1) is 9.40. The van der Waals surface area contributed by atoms with Gasteiger partial charge in [-0.3, -0.25) is 9.59 Å². The molecule has 0 aliphatic rings. The van der Waals surface area contributed by atoms with Crippen LogP contribution in [0, 0.1) is 0 Å². The number of rotatable bonds is 5. The van der Waals surface area contributed by atoms with Gasteiger partial charge >= 0.3 is 5.97 Å². The summed E-state index contributed by atoms with van der Waals surface area (Å²) in [7, 11) is 4.32. The predicted octanol–water partition coefficient (Wildman–Crippen LogP) is 2.64. The van der Waals surface area contributed by atoms with E-state index in [2.05, 4.69) is 4.74 Å². The molecule has 0 saturated heterocycles. The highest BCUT2D eigenvalue weighted by atomic mass is 35.5. The molecule has 0 bridgehead atoms. The molecule has 0 radical (unpaired) electrons. The molecule has 7 heteroatoms. The maximum atomic E-state index is 12.2. The van der Waals surface area contributed by atoms with Gasteiger partial charge in [-0.25, -0.2) is 0 Å². The summed E-state index contributed by atoms with van der Waals surface area (Å²) in [6.07, 6.45) is 0.121. The fraction of sp³-hybridized carbons (Fsp3) is 0.385. The molecule has 1 aromatic carbocycles. The van der Waals surface area contributed by atoms with Crippen LogP contribution in [0.25, 0.3) is 0 Å². The average Bonchev–Trinajstić information content (AvgIpc) is 2.43. The van der Waals surface area contributed by atoms with Gasteiger partial charge in [-0.05, 0) is 12.1 Å². The van der Waals surface area contributed by atoms with Gasteiger partial charge in [0.15, 0.2) is 5.75 Å². The minimum absolute atomic E-state index is 0.121. The van der Waals surface area contributed by atoms with E-state index in [1.807, 2.05) is 0 Å². The van der Waals surface area contributed by atoms with Gasteiger partial charge in [0.1, 0.15) is 0 Å². The quantitative estimate of drug-likeness (QED) is 0.783. The number of benzene rings is 1. The van der Waals surface area contributed by atoms with Crippen molar-refractivity contribution in [3.63, 3.8) is 0 Å². The van der Waals surface area contributed by atoms with E-state index in [-0.39, 0.29) is 34.9 Å². The molecule has 0 heterocycles. The van der Waals surface area contributed by atoms with E-state index >= 15 is 0 Å². The standard InChI is InChI=1S/C13H15Cl2NO4/c1-16(5-4-11(17)19-2)13(18)8-6-9(14)12(20-3)10(15)7-8/h6-7H,4-5H2,1-3H3. The Bertz CT molecular complexity index is 496. The molecule has 1 rings (SSSR count). The fourth-order valence-electron chi connectivity index (χ4n) is 1.56. The Labute approximate surface area is 127 Å². The Morgan fingerprint density at radius 2 is 1.75 bits per heavy atom. The van der Waals surface area contributed by atoms with Crippen molar-refractivity contribution >= 4 is 35.1 Å². The van der Waals surface area contributed by atoms with E-state index in [4.69, 9.17) is 27.9 Å². The van der Waals surface area contributed by atoms with Gasteiger partial charge in [0.2, 0.25) is 0 Å². The number of methoxy groups -OCH3 is 2. The van der Waals surface area contributed by atoms with Gasteiger partial charge in [0, 0.05) is 19.2 Å². The molecule has 0 aliphatic heterocycles. The average molecular weight is 320 g/mol. The zero-order valence-corrected chi connectivity index (χ0v) is 12.9. The van der Waals surface area contributed by atoms with Gasteiger partial charge < -0.3 is 14.4 Å². The fourth-order valence-corrected chi connectivity index (χ4v) is 2.20. The third-order valence-electron chi connectivity index (χ3n) is 2.68. The minimum atomic E-state index is -0.379. The van der Waals surface area contributed by atoms with E-state index in [1.54, 1.807) is 7.05 Å². The monoisotopic (exact) mass is 319 g/mol. The lowest BCUT2D eigenvalue weighted by Crippen LogP contribution is -2.29. The number of carbonyl (C=O) groups is 2. The highest BCUT2D eigenvalue weighted by molar-refractivity contribution is 6.37. The van der Waals surface area contributed by atoms with Gasteiger partial charge in [0.05, 0.1) is 30.7 Å². The number of carbonyl (C=O) groups excluding carboxylic acids is 2. The molecule has 1 aromatic rings. The lowest BCUT2D eigenvalue weighted by atomic mass is 10.2. The third-order valence-corrected chi connectivity index (χ3v) is 3.24. The molecule has 1 amide bonds. The van der Waals surface area contributed by atoms with E-state index in [9.17, 15) is 9.59 Å². The molecule has 0 aromatic heterocycles. The Balaban J connectivity index is 2.84. The SMILES string of the molecule is COC(=O)CCN(C)C(=O)c1cc(Cl)c(OC)c(Cl)c1.